The van der Waals surface area contributed by atoms with Crippen molar-refractivity contribution in [2.75, 3.05) is 29.9 Å². The summed E-state index contributed by atoms with van der Waals surface area (Å²) in [6, 6.07) is 17.9. The Bertz CT molecular complexity index is 815. The maximum Gasteiger partial charge on any atom is 0.229 e. The van der Waals surface area contributed by atoms with Gasteiger partial charge in [-0.3, -0.25) is 9.59 Å². The van der Waals surface area contributed by atoms with E-state index in [0.717, 1.165) is 30.0 Å². The van der Waals surface area contributed by atoms with Crippen LogP contribution < -0.4 is 10.2 Å². The number of carbonyl (C=O) groups excluding carboxylic acids is 2. The lowest BCUT2D eigenvalue weighted by atomic mass is 10.1. The van der Waals surface area contributed by atoms with E-state index in [4.69, 9.17) is 0 Å². The van der Waals surface area contributed by atoms with E-state index >= 15 is 0 Å². The van der Waals surface area contributed by atoms with E-state index in [2.05, 4.69) is 16.3 Å². The molecule has 5 heteroatoms. The maximum absolute atomic E-state index is 12.8. The lowest BCUT2D eigenvalue weighted by molar-refractivity contribution is -0.128. The van der Waals surface area contributed by atoms with Gasteiger partial charge in [0.15, 0.2) is 0 Å². The average Bonchev–Trinajstić information content (AvgIpc) is 3.34. The van der Waals surface area contributed by atoms with Crippen molar-refractivity contribution in [3.05, 3.63) is 60.2 Å². The van der Waals surface area contributed by atoms with Gasteiger partial charge in [0.2, 0.25) is 11.8 Å². The highest BCUT2D eigenvalue weighted by Gasteiger charge is 2.34. The van der Waals surface area contributed by atoms with Crippen LogP contribution in [0.4, 0.5) is 11.4 Å². The zero-order valence-electron chi connectivity index (χ0n) is 15.4. The predicted octanol–water partition coefficient (Wildman–Crippen LogP) is 3.27. The van der Waals surface area contributed by atoms with Crippen LogP contribution in [0.2, 0.25) is 0 Å². The van der Waals surface area contributed by atoms with Gasteiger partial charge >= 0.3 is 0 Å². The average molecular weight is 363 g/mol. The highest BCUT2D eigenvalue weighted by atomic mass is 16.2. The summed E-state index contributed by atoms with van der Waals surface area (Å²) in [7, 11) is 0. The van der Waals surface area contributed by atoms with Gasteiger partial charge in [-0.25, -0.2) is 0 Å². The maximum atomic E-state index is 12.8. The van der Waals surface area contributed by atoms with Gasteiger partial charge in [-0.05, 0) is 30.5 Å². The Labute approximate surface area is 160 Å². The van der Waals surface area contributed by atoms with Crippen molar-refractivity contribution in [2.24, 2.45) is 5.92 Å². The van der Waals surface area contributed by atoms with Crippen molar-refractivity contribution < 1.29 is 9.59 Å². The Morgan fingerprint density at radius 3 is 2.48 bits per heavy atom. The number of amides is 2. The SMILES string of the molecule is O=C(Nc1ccccc1N1CCCC1)[C@H]1CC(=O)N(Cc2ccccc2)C1. The summed E-state index contributed by atoms with van der Waals surface area (Å²) in [5, 5.41) is 3.07. The van der Waals surface area contributed by atoms with E-state index in [1.54, 1.807) is 4.90 Å². The first-order chi connectivity index (χ1) is 13.2. The summed E-state index contributed by atoms with van der Waals surface area (Å²) in [4.78, 5) is 29.3. The molecule has 2 fully saturated rings. The Kier molecular flexibility index (Phi) is 5.10. The Morgan fingerprint density at radius 2 is 1.70 bits per heavy atom. The van der Waals surface area contributed by atoms with Crippen LogP contribution in [0.25, 0.3) is 0 Å². The van der Waals surface area contributed by atoms with Crippen molar-refractivity contribution in [3.8, 4) is 0 Å². The Morgan fingerprint density at radius 1 is 1.00 bits per heavy atom. The van der Waals surface area contributed by atoms with Gasteiger partial charge in [0.25, 0.3) is 0 Å². The number of hydrogen-bond donors (Lipinski definition) is 1. The highest BCUT2D eigenvalue weighted by molar-refractivity contribution is 5.99. The van der Waals surface area contributed by atoms with Crippen molar-refractivity contribution in [3.63, 3.8) is 0 Å². The molecule has 5 nitrogen and oxygen atoms in total. The smallest absolute Gasteiger partial charge is 0.229 e. The van der Waals surface area contributed by atoms with Gasteiger partial charge in [-0.15, -0.1) is 0 Å². The van der Waals surface area contributed by atoms with Gasteiger partial charge in [-0.1, -0.05) is 42.5 Å². The van der Waals surface area contributed by atoms with Gasteiger partial charge in [-0.2, -0.15) is 0 Å². The molecule has 0 radical (unpaired) electrons. The van der Waals surface area contributed by atoms with Crippen LogP contribution in [0.1, 0.15) is 24.8 Å². The molecule has 0 spiro atoms. The van der Waals surface area contributed by atoms with Gasteiger partial charge in [0.05, 0.1) is 17.3 Å². The highest BCUT2D eigenvalue weighted by Crippen LogP contribution is 2.30. The number of nitrogens with one attached hydrogen (secondary N) is 1. The molecule has 0 bridgehead atoms. The van der Waals surface area contributed by atoms with Crippen molar-refractivity contribution in [1.82, 2.24) is 4.90 Å². The number of carbonyl (C=O) groups is 2. The molecule has 2 aromatic carbocycles. The summed E-state index contributed by atoms with van der Waals surface area (Å²) < 4.78 is 0. The predicted molar refractivity (Wildman–Crippen MR) is 106 cm³/mol. The van der Waals surface area contributed by atoms with Crippen LogP contribution in [0.5, 0.6) is 0 Å². The number of anilines is 2. The molecular formula is C22H25N3O2. The van der Waals surface area contributed by atoms with Crippen molar-refractivity contribution in [1.29, 1.82) is 0 Å². The van der Waals surface area contributed by atoms with E-state index in [1.807, 2.05) is 48.5 Å². The minimum Gasteiger partial charge on any atom is -0.370 e. The fraction of sp³-hybridized carbons (Fsp3) is 0.364. The van der Waals surface area contributed by atoms with E-state index in [9.17, 15) is 9.59 Å². The number of rotatable bonds is 5. The molecule has 1 N–H and O–H groups in total. The molecule has 2 saturated heterocycles. The minimum absolute atomic E-state index is 0.0480. The molecular weight excluding hydrogens is 338 g/mol. The molecule has 2 heterocycles. The summed E-state index contributed by atoms with van der Waals surface area (Å²) >= 11 is 0. The third kappa shape index (κ3) is 3.97. The summed E-state index contributed by atoms with van der Waals surface area (Å²) in [6.45, 7) is 3.10. The molecule has 27 heavy (non-hydrogen) atoms. The fourth-order valence-corrected chi connectivity index (χ4v) is 3.95. The monoisotopic (exact) mass is 363 g/mol. The second-order valence-corrected chi connectivity index (χ2v) is 7.36. The quantitative estimate of drug-likeness (QED) is 0.887. The molecule has 2 aromatic rings. The number of benzene rings is 2. The second kappa shape index (κ2) is 7.82. The van der Waals surface area contributed by atoms with Crippen molar-refractivity contribution in [2.45, 2.75) is 25.8 Å². The Balaban J connectivity index is 1.41. The van der Waals surface area contributed by atoms with Gasteiger partial charge < -0.3 is 15.1 Å². The van der Waals surface area contributed by atoms with Crippen LogP contribution in [-0.2, 0) is 16.1 Å². The zero-order chi connectivity index (χ0) is 18.6. The molecule has 0 saturated carbocycles. The summed E-state index contributed by atoms with van der Waals surface area (Å²) in [5.74, 6) is -0.315. The number of likely N-dealkylation sites (tertiary alicyclic amines) is 1. The van der Waals surface area contributed by atoms with E-state index < -0.39 is 0 Å². The molecule has 140 valence electrons. The number of para-hydroxylation sites is 2. The largest absolute Gasteiger partial charge is 0.370 e. The summed E-state index contributed by atoms with van der Waals surface area (Å²) in [6.07, 6.45) is 2.66. The molecule has 2 aliphatic rings. The standard InChI is InChI=1S/C22H25N3O2/c26-21-14-18(16-25(21)15-17-8-2-1-3-9-17)22(27)23-19-10-4-5-11-20(19)24-12-6-7-13-24/h1-5,8-11,18H,6-7,12-16H2,(H,23,27)/t18-/m0/s1. The van der Waals surface area contributed by atoms with Crippen LogP contribution in [0.15, 0.2) is 54.6 Å². The Hall–Kier alpha value is -2.82. The van der Waals surface area contributed by atoms with Gasteiger partial charge in [0, 0.05) is 32.6 Å². The first kappa shape index (κ1) is 17.6. The van der Waals surface area contributed by atoms with Crippen LogP contribution >= 0.6 is 0 Å². The molecule has 2 aliphatic heterocycles. The molecule has 0 aliphatic carbocycles. The normalized spacial score (nSPS) is 19.6. The third-order valence-electron chi connectivity index (χ3n) is 5.41. The summed E-state index contributed by atoms with van der Waals surface area (Å²) in [5.41, 5.74) is 3.01. The third-order valence-corrected chi connectivity index (χ3v) is 5.41. The first-order valence-corrected chi connectivity index (χ1v) is 9.67. The van der Waals surface area contributed by atoms with E-state index in [-0.39, 0.29) is 24.2 Å². The van der Waals surface area contributed by atoms with Crippen molar-refractivity contribution >= 4 is 23.2 Å². The number of nitrogens with zero attached hydrogens (tertiary/aromatic N) is 2. The van der Waals surface area contributed by atoms with Crippen LogP contribution in [0.3, 0.4) is 0 Å². The zero-order valence-corrected chi connectivity index (χ0v) is 15.4. The van der Waals surface area contributed by atoms with E-state index in [1.165, 1.54) is 12.8 Å². The topological polar surface area (TPSA) is 52.7 Å². The second-order valence-electron chi connectivity index (χ2n) is 7.36. The molecule has 2 amide bonds. The first-order valence-electron chi connectivity index (χ1n) is 9.67. The molecule has 4 rings (SSSR count). The lowest BCUT2D eigenvalue weighted by Gasteiger charge is -2.22. The molecule has 0 unspecified atom stereocenters. The van der Waals surface area contributed by atoms with Crippen LogP contribution in [0, 0.1) is 5.92 Å². The molecule has 0 aromatic heterocycles. The fourth-order valence-electron chi connectivity index (χ4n) is 3.95. The van der Waals surface area contributed by atoms with E-state index in [0.29, 0.717) is 13.1 Å². The van der Waals surface area contributed by atoms with Crippen LogP contribution in [-0.4, -0.2) is 36.3 Å². The van der Waals surface area contributed by atoms with Gasteiger partial charge in [0.1, 0.15) is 0 Å². The number of hydrogen-bond acceptors (Lipinski definition) is 3. The lowest BCUT2D eigenvalue weighted by Crippen LogP contribution is -2.28. The molecule has 1 atom stereocenters. The minimum atomic E-state index is -0.298.